The molecule has 126 valence electrons. The highest BCUT2D eigenvalue weighted by molar-refractivity contribution is 5.87. The normalized spacial score (nSPS) is 16.8. The molecule has 1 saturated heterocycles. The van der Waals surface area contributed by atoms with Crippen molar-refractivity contribution in [1.29, 1.82) is 0 Å². The lowest BCUT2D eigenvalue weighted by molar-refractivity contribution is 0.0679. The lowest BCUT2D eigenvalue weighted by Gasteiger charge is -2.13. The molecule has 2 aromatic rings. The summed E-state index contributed by atoms with van der Waals surface area (Å²) in [5.74, 6) is -0.0951. The van der Waals surface area contributed by atoms with E-state index in [4.69, 9.17) is 14.6 Å². The van der Waals surface area contributed by atoms with Gasteiger partial charge in [0.1, 0.15) is 12.4 Å². The summed E-state index contributed by atoms with van der Waals surface area (Å²) in [6, 6.07) is 14.7. The highest BCUT2D eigenvalue weighted by Crippen LogP contribution is 2.20. The molecule has 1 aliphatic heterocycles. The van der Waals surface area contributed by atoms with Crippen molar-refractivity contribution in [3.63, 3.8) is 0 Å². The molecule has 1 unspecified atom stereocenters. The first-order valence-electron chi connectivity index (χ1n) is 8.11. The van der Waals surface area contributed by atoms with Gasteiger partial charge in [-0.3, -0.25) is 0 Å². The van der Waals surface area contributed by atoms with Crippen LogP contribution in [0.2, 0.25) is 0 Å². The summed E-state index contributed by atoms with van der Waals surface area (Å²) in [4.78, 5) is 10.8. The van der Waals surface area contributed by atoms with Gasteiger partial charge in [0.2, 0.25) is 0 Å². The van der Waals surface area contributed by atoms with Crippen LogP contribution in [0.5, 0.6) is 5.75 Å². The molecule has 1 heterocycles. The number of hydrogen-bond acceptors (Lipinski definition) is 4. The fourth-order valence-electron chi connectivity index (χ4n) is 2.63. The molecule has 1 atom stereocenters. The fraction of sp³-hybridized carbons (Fsp3) is 0.316. The molecule has 0 radical (unpaired) electrons. The number of benzene rings is 2. The lowest BCUT2D eigenvalue weighted by Crippen LogP contribution is -2.16. The molecule has 5 nitrogen and oxygen atoms in total. The van der Waals surface area contributed by atoms with Gasteiger partial charge in [-0.1, -0.05) is 18.2 Å². The zero-order valence-electron chi connectivity index (χ0n) is 13.4. The highest BCUT2D eigenvalue weighted by Gasteiger charge is 2.15. The molecule has 2 N–H and O–H groups in total. The van der Waals surface area contributed by atoms with E-state index in [2.05, 4.69) is 5.32 Å². The van der Waals surface area contributed by atoms with Crippen LogP contribution in [0.15, 0.2) is 48.5 Å². The molecule has 0 aliphatic carbocycles. The van der Waals surface area contributed by atoms with Gasteiger partial charge in [0.05, 0.1) is 11.7 Å². The van der Waals surface area contributed by atoms with E-state index in [-0.39, 0.29) is 6.10 Å². The molecule has 0 spiro atoms. The summed E-state index contributed by atoms with van der Waals surface area (Å²) in [5, 5.41) is 12.2. The Kier molecular flexibility index (Phi) is 5.33. The molecule has 0 bridgehead atoms. The third kappa shape index (κ3) is 4.49. The average molecular weight is 327 g/mol. The van der Waals surface area contributed by atoms with Crippen molar-refractivity contribution >= 4 is 11.7 Å². The Morgan fingerprint density at radius 2 is 2.08 bits per heavy atom. The summed E-state index contributed by atoms with van der Waals surface area (Å²) in [6.07, 6.45) is 2.37. The van der Waals surface area contributed by atoms with Crippen LogP contribution in [0.1, 0.15) is 28.8 Å². The molecular formula is C19H21NO4. The number of rotatable bonds is 7. The molecule has 0 aromatic heterocycles. The van der Waals surface area contributed by atoms with Gasteiger partial charge in [-0.15, -0.1) is 0 Å². The van der Waals surface area contributed by atoms with Crippen molar-refractivity contribution in [2.75, 3.05) is 18.5 Å². The third-order valence-electron chi connectivity index (χ3n) is 3.99. The molecule has 1 fully saturated rings. The van der Waals surface area contributed by atoms with Crippen LogP contribution in [0.4, 0.5) is 5.69 Å². The number of carboxylic acid groups (broad SMARTS) is 1. The number of carbonyl (C=O) groups is 1. The molecule has 24 heavy (non-hydrogen) atoms. The number of anilines is 1. The minimum absolute atomic E-state index is 0.203. The van der Waals surface area contributed by atoms with Crippen LogP contribution in [0, 0.1) is 0 Å². The first-order valence-corrected chi connectivity index (χ1v) is 8.11. The van der Waals surface area contributed by atoms with E-state index in [0.29, 0.717) is 18.7 Å². The monoisotopic (exact) mass is 327 g/mol. The molecule has 2 aromatic carbocycles. The second kappa shape index (κ2) is 7.84. The predicted molar refractivity (Wildman–Crippen MR) is 91.6 cm³/mol. The minimum atomic E-state index is -0.911. The molecule has 5 heteroatoms. The Balaban J connectivity index is 1.53. The smallest absolute Gasteiger partial charge is 0.335 e. The number of carboxylic acids is 1. The van der Waals surface area contributed by atoms with E-state index in [1.165, 1.54) is 0 Å². The zero-order valence-corrected chi connectivity index (χ0v) is 13.4. The molecule has 1 aliphatic rings. The van der Waals surface area contributed by atoms with Crippen molar-refractivity contribution in [3.05, 3.63) is 59.7 Å². The summed E-state index contributed by atoms with van der Waals surface area (Å²) in [6.45, 7) is 2.03. The van der Waals surface area contributed by atoms with Crippen LogP contribution >= 0.6 is 0 Å². The van der Waals surface area contributed by atoms with Gasteiger partial charge in [0.25, 0.3) is 0 Å². The molecule has 0 saturated carbocycles. The Morgan fingerprint density at radius 1 is 1.25 bits per heavy atom. The minimum Gasteiger partial charge on any atom is -0.491 e. The third-order valence-corrected chi connectivity index (χ3v) is 3.99. The van der Waals surface area contributed by atoms with Crippen molar-refractivity contribution in [2.24, 2.45) is 0 Å². The maximum atomic E-state index is 10.8. The maximum Gasteiger partial charge on any atom is 0.335 e. The van der Waals surface area contributed by atoms with E-state index in [1.807, 2.05) is 36.4 Å². The van der Waals surface area contributed by atoms with Gasteiger partial charge >= 0.3 is 5.97 Å². The first-order chi connectivity index (χ1) is 11.7. The lowest BCUT2D eigenvalue weighted by atomic mass is 10.1. The van der Waals surface area contributed by atoms with Gasteiger partial charge in [0, 0.05) is 24.9 Å². The maximum absolute atomic E-state index is 10.8. The Hall–Kier alpha value is -2.53. The van der Waals surface area contributed by atoms with E-state index in [9.17, 15) is 4.79 Å². The van der Waals surface area contributed by atoms with Crippen molar-refractivity contribution in [1.82, 2.24) is 0 Å². The Bertz CT molecular complexity index is 678. The van der Waals surface area contributed by atoms with E-state index in [0.717, 1.165) is 36.4 Å². The van der Waals surface area contributed by atoms with E-state index < -0.39 is 5.97 Å². The van der Waals surface area contributed by atoms with Crippen LogP contribution in [0.25, 0.3) is 0 Å². The van der Waals surface area contributed by atoms with Gasteiger partial charge in [-0.2, -0.15) is 0 Å². The molecule has 3 rings (SSSR count). The van der Waals surface area contributed by atoms with Gasteiger partial charge in [-0.05, 0) is 42.7 Å². The number of nitrogens with one attached hydrogen (secondary N) is 1. The number of hydrogen-bond donors (Lipinski definition) is 2. The van der Waals surface area contributed by atoms with Gasteiger partial charge < -0.3 is 19.9 Å². The summed E-state index contributed by atoms with van der Waals surface area (Å²) in [7, 11) is 0. The summed E-state index contributed by atoms with van der Waals surface area (Å²) >= 11 is 0. The fourth-order valence-corrected chi connectivity index (χ4v) is 2.63. The topological polar surface area (TPSA) is 67.8 Å². The van der Waals surface area contributed by atoms with Crippen LogP contribution in [-0.4, -0.2) is 30.4 Å². The van der Waals surface area contributed by atoms with E-state index in [1.54, 1.807) is 12.1 Å². The van der Waals surface area contributed by atoms with Crippen LogP contribution < -0.4 is 10.1 Å². The van der Waals surface area contributed by atoms with Gasteiger partial charge in [-0.25, -0.2) is 4.79 Å². The summed E-state index contributed by atoms with van der Waals surface area (Å²) in [5.41, 5.74) is 2.27. The van der Waals surface area contributed by atoms with Crippen LogP contribution in [0.3, 0.4) is 0 Å². The second-order valence-electron chi connectivity index (χ2n) is 5.83. The van der Waals surface area contributed by atoms with Crippen LogP contribution in [-0.2, 0) is 11.3 Å². The van der Waals surface area contributed by atoms with Crippen molar-refractivity contribution < 1.29 is 19.4 Å². The van der Waals surface area contributed by atoms with E-state index >= 15 is 0 Å². The van der Waals surface area contributed by atoms with Gasteiger partial charge in [0.15, 0.2) is 0 Å². The Morgan fingerprint density at radius 3 is 2.79 bits per heavy atom. The van der Waals surface area contributed by atoms with Crippen molar-refractivity contribution in [2.45, 2.75) is 25.5 Å². The summed E-state index contributed by atoms with van der Waals surface area (Å²) < 4.78 is 11.3. The quantitative estimate of drug-likeness (QED) is 0.814. The highest BCUT2D eigenvalue weighted by atomic mass is 16.5. The second-order valence-corrected chi connectivity index (χ2v) is 5.83. The first kappa shape index (κ1) is 16.3. The number of ether oxygens (including phenoxy) is 2. The predicted octanol–water partition coefficient (Wildman–Crippen LogP) is 3.55. The van der Waals surface area contributed by atoms with Crippen molar-refractivity contribution in [3.8, 4) is 5.75 Å². The standard InChI is InChI=1S/C19H21NO4/c21-19(22)15-8-6-14(7-9-15)12-20-16-3-1-4-17(11-16)24-13-18-5-2-10-23-18/h1,3-4,6-9,11,18,20H,2,5,10,12-13H2,(H,21,22). The SMILES string of the molecule is O=C(O)c1ccc(CNc2cccc(OCC3CCCO3)c2)cc1. The number of aromatic carboxylic acids is 1. The Labute approximate surface area is 141 Å². The zero-order chi connectivity index (χ0) is 16.8. The largest absolute Gasteiger partial charge is 0.491 e. The average Bonchev–Trinajstić information content (AvgIpc) is 3.12. The molecular weight excluding hydrogens is 306 g/mol. The molecule has 0 amide bonds.